The number of aromatic nitrogens is 2. The summed E-state index contributed by atoms with van der Waals surface area (Å²) in [6, 6.07) is 3.86. The van der Waals surface area contributed by atoms with Crippen molar-refractivity contribution in [1.29, 1.82) is 0 Å². The Morgan fingerprint density at radius 1 is 1.35 bits per heavy atom. The maximum absolute atomic E-state index is 13.3. The number of aryl methyl sites for hydroxylation is 2. The minimum atomic E-state index is -3.99. The van der Waals surface area contributed by atoms with Gasteiger partial charge in [0.05, 0.1) is 12.3 Å². The van der Waals surface area contributed by atoms with E-state index in [0.717, 1.165) is 6.07 Å². The van der Waals surface area contributed by atoms with Gasteiger partial charge in [0.1, 0.15) is 5.82 Å². The van der Waals surface area contributed by atoms with E-state index in [1.165, 1.54) is 12.1 Å². The highest BCUT2D eigenvalue weighted by molar-refractivity contribution is 7.92. The Morgan fingerprint density at radius 3 is 2.65 bits per heavy atom. The molecule has 3 N–H and O–H groups in total. The normalized spacial score (nSPS) is 11.6. The molecule has 0 amide bonds. The second kappa shape index (κ2) is 5.22. The number of H-pyrrole nitrogens is 1. The summed E-state index contributed by atoms with van der Waals surface area (Å²) in [7, 11) is -3.99. The van der Waals surface area contributed by atoms with Crippen LogP contribution in [0.4, 0.5) is 10.1 Å². The molecule has 0 bridgehead atoms. The van der Waals surface area contributed by atoms with E-state index in [0.29, 0.717) is 11.3 Å². The molecule has 2 aromatic rings. The molecule has 6 nitrogen and oxygen atoms in total. The van der Waals surface area contributed by atoms with Gasteiger partial charge in [-0.1, -0.05) is 0 Å². The topological polar surface area (TPSA) is 95.1 Å². The van der Waals surface area contributed by atoms with E-state index in [-0.39, 0.29) is 16.3 Å². The summed E-state index contributed by atoms with van der Waals surface area (Å²) in [5.74, 6) is -0.539. The van der Waals surface area contributed by atoms with Gasteiger partial charge in [-0.25, -0.2) is 4.39 Å². The molecule has 1 aromatic heterocycles. The number of nitrogens with one attached hydrogen (secondary N) is 2. The van der Waals surface area contributed by atoms with E-state index in [1.807, 2.05) is 0 Å². The summed E-state index contributed by atoms with van der Waals surface area (Å²) in [6.45, 7) is 2.80. The summed E-state index contributed by atoms with van der Waals surface area (Å²) < 4.78 is 39.9. The molecule has 0 atom stereocenters. The molecule has 0 fully saturated rings. The molecule has 1 heterocycles. The summed E-state index contributed by atoms with van der Waals surface area (Å²) in [5, 5.41) is 15.1. The zero-order valence-corrected chi connectivity index (χ0v) is 11.8. The van der Waals surface area contributed by atoms with Crippen LogP contribution in [-0.2, 0) is 16.6 Å². The van der Waals surface area contributed by atoms with Gasteiger partial charge in [-0.05, 0) is 37.6 Å². The Hall–Kier alpha value is -1.93. The molecule has 8 heteroatoms. The van der Waals surface area contributed by atoms with E-state index in [1.54, 1.807) is 13.8 Å². The SMILES string of the molecule is Cc1cc(F)cc(NS(=O)(=O)c2n[nH]c(C)c2CO)c1. The van der Waals surface area contributed by atoms with Crippen LogP contribution in [0.1, 0.15) is 16.8 Å². The Morgan fingerprint density at radius 2 is 2.05 bits per heavy atom. The van der Waals surface area contributed by atoms with Gasteiger partial charge in [0.15, 0.2) is 0 Å². The van der Waals surface area contributed by atoms with Crippen LogP contribution in [0.3, 0.4) is 0 Å². The molecule has 0 aliphatic heterocycles. The van der Waals surface area contributed by atoms with Crippen molar-refractivity contribution in [3.63, 3.8) is 0 Å². The second-order valence-electron chi connectivity index (χ2n) is 4.41. The van der Waals surface area contributed by atoms with Crippen molar-refractivity contribution in [2.75, 3.05) is 4.72 Å². The molecular weight excluding hydrogens is 285 g/mol. The van der Waals surface area contributed by atoms with Gasteiger partial charge in [-0.15, -0.1) is 0 Å². The largest absolute Gasteiger partial charge is 0.392 e. The first-order chi connectivity index (χ1) is 9.33. The first-order valence-electron chi connectivity index (χ1n) is 5.78. The summed E-state index contributed by atoms with van der Waals surface area (Å²) in [4.78, 5) is 0. The third-order valence-corrected chi connectivity index (χ3v) is 4.09. The van der Waals surface area contributed by atoms with Gasteiger partial charge < -0.3 is 5.11 Å². The highest BCUT2D eigenvalue weighted by atomic mass is 32.2. The van der Waals surface area contributed by atoms with Gasteiger partial charge in [0.2, 0.25) is 5.03 Å². The quantitative estimate of drug-likeness (QED) is 0.796. The van der Waals surface area contributed by atoms with Crippen molar-refractivity contribution in [1.82, 2.24) is 10.2 Å². The Balaban J connectivity index is 2.40. The van der Waals surface area contributed by atoms with Gasteiger partial charge >= 0.3 is 0 Å². The van der Waals surface area contributed by atoms with Crippen molar-refractivity contribution in [2.24, 2.45) is 0 Å². The second-order valence-corrected chi connectivity index (χ2v) is 6.01. The molecule has 0 unspecified atom stereocenters. The molecule has 0 aliphatic carbocycles. The Kier molecular flexibility index (Phi) is 3.78. The van der Waals surface area contributed by atoms with Crippen molar-refractivity contribution < 1.29 is 17.9 Å². The van der Waals surface area contributed by atoms with E-state index < -0.39 is 22.4 Å². The molecule has 0 spiro atoms. The van der Waals surface area contributed by atoms with Gasteiger partial charge in [0.25, 0.3) is 10.0 Å². The lowest BCUT2D eigenvalue weighted by molar-refractivity contribution is 0.277. The number of aliphatic hydroxyl groups is 1. The minimum Gasteiger partial charge on any atom is -0.392 e. The maximum atomic E-state index is 13.3. The summed E-state index contributed by atoms with van der Waals surface area (Å²) in [5.41, 5.74) is 1.34. The Labute approximate surface area is 115 Å². The average molecular weight is 299 g/mol. The predicted molar refractivity (Wildman–Crippen MR) is 71.2 cm³/mol. The number of aliphatic hydroxyl groups excluding tert-OH is 1. The number of aromatic amines is 1. The number of hydrogen-bond acceptors (Lipinski definition) is 4. The number of sulfonamides is 1. The third-order valence-electron chi connectivity index (χ3n) is 2.74. The van der Waals surface area contributed by atoms with Crippen LogP contribution >= 0.6 is 0 Å². The number of halogens is 1. The molecule has 0 aliphatic rings. The predicted octanol–water partition coefficient (Wildman–Crippen LogP) is 1.46. The number of anilines is 1. The van der Waals surface area contributed by atoms with Crippen LogP contribution in [0, 0.1) is 19.7 Å². The van der Waals surface area contributed by atoms with Crippen LogP contribution in [0.2, 0.25) is 0 Å². The number of rotatable bonds is 4. The molecular formula is C12H14FN3O3S. The van der Waals surface area contributed by atoms with Crippen molar-refractivity contribution >= 4 is 15.7 Å². The average Bonchev–Trinajstić information content (AvgIpc) is 2.68. The molecule has 108 valence electrons. The highest BCUT2D eigenvalue weighted by Gasteiger charge is 2.23. The molecule has 0 saturated carbocycles. The molecule has 2 rings (SSSR count). The van der Waals surface area contributed by atoms with Crippen molar-refractivity contribution in [3.05, 3.63) is 40.8 Å². The van der Waals surface area contributed by atoms with Crippen LogP contribution in [-0.4, -0.2) is 23.7 Å². The van der Waals surface area contributed by atoms with Crippen molar-refractivity contribution in [3.8, 4) is 0 Å². The molecule has 20 heavy (non-hydrogen) atoms. The summed E-state index contributed by atoms with van der Waals surface area (Å²) in [6.07, 6.45) is 0. The highest BCUT2D eigenvalue weighted by Crippen LogP contribution is 2.21. The fraction of sp³-hybridized carbons (Fsp3) is 0.250. The van der Waals surface area contributed by atoms with Crippen LogP contribution < -0.4 is 4.72 Å². The monoisotopic (exact) mass is 299 g/mol. The Bertz CT molecular complexity index is 720. The zero-order valence-electron chi connectivity index (χ0n) is 10.9. The van der Waals surface area contributed by atoms with Crippen molar-refractivity contribution in [2.45, 2.75) is 25.5 Å². The lowest BCUT2D eigenvalue weighted by Crippen LogP contribution is -2.15. The number of nitrogens with zero attached hydrogens (tertiary/aromatic N) is 1. The van der Waals surface area contributed by atoms with Gasteiger partial charge in [-0.2, -0.15) is 13.5 Å². The molecule has 0 radical (unpaired) electrons. The lowest BCUT2D eigenvalue weighted by Gasteiger charge is -2.08. The van der Waals surface area contributed by atoms with Gasteiger partial charge in [0, 0.05) is 11.3 Å². The first-order valence-corrected chi connectivity index (χ1v) is 7.26. The maximum Gasteiger partial charge on any atom is 0.281 e. The number of hydrogen-bond donors (Lipinski definition) is 3. The van der Waals surface area contributed by atoms with Crippen LogP contribution in [0.5, 0.6) is 0 Å². The van der Waals surface area contributed by atoms with Crippen LogP contribution in [0.15, 0.2) is 23.2 Å². The fourth-order valence-corrected chi connectivity index (χ4v) is 3.07. The summed E-state index contributed by atoms with van der Waals surface area (Å²) >= 11 is 0. The smallest absolute Gasteiger partial charge is 0.281 e. The van der Waals surface area contributed by atoms with E-state index in [2.05, 4.69) is 14.9 Å². The fourth-order valence-electron chi connectivity index (χ4n) is 1.84. The van der Waals surface area contributed by atoms with E-state index in [9.17, 15) is 17.9 Å². The zero-order chi connectivity index (χ0) is 14.9. The van der Waals surface area contributed by atoms with Crippen LogP contribution in [0.25, 0.3) is 0 Å². The lowest BCUT2D eigenvalue weighted by atomic mass is 10.2. The van der Waals surface area contributed by atoms with E-state index >= 15 is 0 Å². The molecule has 0 saturated heterocycles. The third kappa shape index (κ3) is 2.81. The van der Waals surface area contributed by atoms with Gasteiger partial charge in [-0.3, -0.25) is 9.82 Å². The standard InChI is InChI=1S/C12H14FN3O3S/c1-7-3-9(13)5-10(4-7)16-20(18,19)12-11(6-17)8(2)14-15-12/h3-5,16-17H,6H2,1-2H3,(H,14,15). The first kappa shape index (κ1) is 14.5. The van der Waals surface area contributed by atoms with E-state index in [4.69, 9.17) is 0 Å². The molecule has 1 aromatic carbocycles. The minimum absolute atomic E-state index is 0.104. The number of benzene rings is 1.